The lowest BCUT2D eigenvalue weighted by Gasteiger charge is -2.13. The molecule has 0 radical (unpaired) electrons. The molecular weight excluding hydrogens is 448 g/mol. The topological polar surface area (TPSA) is 84.5 Å². The van der Waals surface area contributed by atoms with Gasteiger partial charge in [-0.15, -0.1) is 0 Å². The summed E-state index contributed by atoms with van der Waals surface area (Å²) in [5.41, 5.74) is 1.25. The average molecular weight is 473 g/mol. The Hall–Kier alpha value is -3.03. The van der Waals surface area contributed by atoms with Gasteiger partial charge in [0.05, 0.1) is 22.8 Å². The maximum atomic E-state index is 12.9. The van der Waals surface area contributed by atoms with E-state index in [2.05, 4.69) is 17.0 Å². The van der Waals surface area contributed by atoms with Gasteiger partial charge >= 0.3 is 0 Å². The normalized spacial score (nSPS) is 11.1. The van der Waals surface area contributed by atoms with Crippen LogP contribution in [0.2, 0.25) is 5.02 Å². The summed E-state index contributed by atoms with van der Waals surface area (Å²) >= 11 is 5.98. The van der Waals surface area contributed by atoms with Gasteiger partial charge in [-0.2, -0.15) is 0 Å². The Kier molecular flexibility index (Phi) is 8.14. The van der Waals surface area contributed by atoms with E-state index in [1.165, 1.54) is 12.1 Å². The van der Waals surface area contributed by atoms with Crippen LogP contribution >= 0.6 is 11.6 Å². The fourth-order valence-corrected chi connectivity index (χ4v) is 4.24. The maximum absolute atomic E-state index is 12.9. The van der Waals surface area contributed by atoms with E-state index < -0.39 is 15.9 Å². The van der Waals surface area contributed by atoms with Gasteiger partial charge in [-0.05, 0) is 60.5 Å². The van der Waals surface area contributed by atoms with Gasteiger partial charge < -0.3 is 10.1 Å². The lowest BCUT2D eigenvalue weighted by atomic mass is 10.1. The first-order chi connectivity index (χ1) is 15.4. The van der Waals surface area contributed by atoms with Crippen LogP contribution in [0.5, 0.6) is 5.75 Å². The number of para-hydroxylation sites is 1. The Morgan fingerprint density at radius 1 is 1.00 bits per heavy atom. The molecule has 0 spiro atoms. The van der Waals surface area contributed by atoms with Crippen molar-refractivity contribution in [1.29, 1.82) is 0 Å². The summed E-state index contributed by atoms with van der Waals surface area (Å²) in [6.07, 6.45) is 1.94. The third kappa shape index (κ3) is 6.48. The van der Waals surface area contributed by atoms with E-state index in [4.69, 9.17) is 16.3 Å². The molecule has 0 saturated carbocycles. The van der Waals surface area contributed by atoms with Crippen LogP contribution < -0.4 is 14.8 Å². The van der Waals surface area contributed by atoms with Crippen LogP contribution in [0.15, 0.2) is 77.7 Å². The molecule has 1 amide bonds. The standard InChI is InChI=1S/C24H25ClN2O4S/c1-2-3-15-31-20-11-13-21(14-12-20)32(29,30)27-23-10-5-4-9-22(23)24(28)26-17-18-7-6-8-19(25)16-18/h4-14,16,27H,2-3,15,17H2,1H3,(H,26,28). The summed E-state index contributed by atoms with van der Waals surface area (Å²) in [5.74, 6) is 0.209. The second-order valence-corrected chi connectivity index (χ2v) is 9.26. The molecule has 2 N–H and O–H groups in total. The zero-order chi connectivity index (χ0) is 23.0. The molecular formula is C24H25ClN2O4S. The van der Waals surface area contributed by atoms with Crippen molar-refractivity contribution in [1.82, 2.24) is 5.32 Å². The Bertz CT molecular complexity index is 1160. The van der Waals surface area contributed by atoms with E-state index in [1.54, 1.807) is 54.6 Å². The van der Waals surface area contributed by atoms with E-state index in [9.17, 15) is 13.2 Å². The van der Waals surface area contributed by atoms with Crippen molar-refractivity contribution in [3.63, 3.8) is 0 Å². The predicted molar refractivity (Wildman–Crippen MR) is 127 cm³/mol. The van der Waals surface area contributed by atoms with E-state index >= 15 is 0 Å². The summed E-state index contributed by atoms with van der Waals surface area (Å²) in [4.78, 5) is 12.8. The molecule has 32 heavy (non-hydrogen) atoms. The molecule has 6 nitrogen and oxygen atoms in total. The molecule has 0 aliphatic rings. The van der Waals surface area contributed by atoms with E-state index in [0.29, 0.717) is 17.4 Å². The lowest BCUT2D eigenvalue weighted by Crippen LogP contribution is -2.25. The minimum atomic E-state index is -3.89. The molecule has 168 valence electrons. The summed E-state index contributed by atoms with van der Waals surface area (Å²) in [7, 11) is -3.89. The molecule has 0 atom stereocenters. The van der Waals surface area contributed by atoms with E-state index in [1.807, 2.05) is 6.07 Å². The molecule has 3 aromatic rings. The number of nitrogens with one attached hydrogen (secondary N) is 2. The Balaban J connectivity index is 1.71. The average Bonchev–Trinajstić information content (AvgIpc) is 2.78. The van der Waals surface area contributed by atoms with Crippen LogP contribution in [0.3, 0.4) is 0 Å². The minimum absolute atomic E-state index is 0.0782. The molecule has 3 aromatic carbocycles. The number of benzene rings is 3. The number of anilines is 1. The zero-order valence-electron chi connectivity index (χ0n) is 17.7. The van der Waals surface area contributed by atoms with Crippen LogP contribution in [-0.4, -0.2) is 20.9 Å². The first kappa shape index (κ1) is 23.6. The van der Waals surface area contributed by atoms with Gasteiger partial charge in [-0.25, -0.2) is 8.42 Å². The molecule has 3 rings (SSSR count). The number of amides is 1. The Morgan fingerprint density at radius 3 is 2.47 bits per heavy atom. The van der Waals surface area contributed by atoms with Crippen molar-refractivity contribution >= 4 is 33.2 Å². The SMILES string of the molecule is CCCCOc1ccc(S(=O)(=O)Nc2ccccc2C(=O)NCc2cccc(Cl)c2)cc1. The smallest absolute Gasteiger partial charge is 0.261 e. The number of rotatable bonds is 10. The summed E-state index contributed by atoms with van der Waals surface area (Å²) in [5, 5.41) is 3.37. The van der Waals surface area contributed by atoms with Crippen molar-refractivity contribution in [2.45, 2.75) is 31.2 Å². The molecule has 0 saturated heterocycles. The number of ether oxygens (including phenoxy) is 1. The first-order valence-electron chi connectivity index (χ1n) is 10.3. The monoisotopic (exact) mass is 472 g/mol. The van der Waals surface area contributed by atoms with Gasteiger partial charge in [0.25, 0.3) is 15.9 Å². The number of halogens is 1. The summed E-state index contributed by atoms with van der Waals surface area (Å²) in [6.45, 7) is 2.92. The van der Waals surface area contributed by atoms with E-state index in [-0.39, 0.29) is 22.7 Å². The number of carbonyl (C=O) groups is 1. The van der Waals surface area contributed by atoms with Gasteiger partial charge in [-0.3, -0.25) is 9.52 Å². The third-order valence-electron chi connectivity index (χ3n) is 4.66. The van der Waals surface area contributed by atoms with Crippen molar-refractivity contribution in [2.24, 2.45) is 0 Å². The lowest BCUT2D eigenvalue weighted by molar-refractivity contribution is 0.0952. The molecule has 0 heterocycles. The molecule has 0 bridgehead atoms. The van der Waals surface area contributed by atoms with Crippen molar-refractivity contribution in [2.75, 3.05) is 11.3 Å². The maximum Gasteiger partial charge on any atom is 0.261 e. The summed E-state index contributed by atoms with van der Waals surface area (Å²) < 4.78 is 33.8. The van der Waals surface area contributed by atoms with E-state index in [0.717, 1.165) is 18.4 Å². The second-order valence-electron chi connectivity index (χ2n) is 7.14. The first-order valence-corrected chi connectivity index (χ1v) is 12.1. The molecule has 0 unspecified atom stereocenters. The van der Waals surface area contributed by atoms with Crippen LogP contribution in [-0.2, 0) is 16.6 Å². The Morgan fingerprint density at radius 2 is 1.75 bits per heavy atom. The second kappa shape index (κ2) is 11.0. The third-order valence-corrected chi connectivity index (χ3v) is 6.28. The molecule has 0 aliphatic carbocycles. The highest BCUT2D eigenvalue weighted by atomic mass is 35.5. The zero-order valence-corrected chi connectivity index (χ0v) is 19.2. The van der Waals surface area contributed by atoms with Crippen molar-refractivity contribution < 1.29 is 17.9 Å². The van der Waals surface area contributed by atoms with Crippen LogP contribution in [0.1, 0.15) is 35.7 Å². The predicted octanol–water partition coefficient (Wildman–Crippen LogP) is 5.25. The largest absolute Gasteiger partial charge is 0.494 e. The van der Waals surface area contributed by atoms with Crippen molar-refractivity contribution in [3.05, 3.63) is 88.9 Å². The highest BCUT2D eigenvalue weighted by molar-refractivity contribution is 7.92. The van der Waals surface area contributed by atoms with Gasteiger partial charge in [0.2, 0.25) is 0 Å². The highest BCUT2D eigenvalue weighted by Gasteiger charge is 2.18. The van der Waals surface area contributed by atoms with Crippen LogP contribution in [0, 0.1) is 0 Å². The van der Waals surface area contributed by atoms with Crippen LogP contribution in [0.4, 0.5) is 5.69 Å². The Labute approximate surface area is 193 Å². The molecule has 0 aliphatic heterocycles. The summed E-state index contributed by atoms with van der Waals surface area (Å²) in [6, 6.07) is 19.8. The van der Waals surface area contributed by atoms with Gasteiger partial charge in [0.1, 0.15) is 5.75 Å². The van der Waals surface area contributed by atoms with Gasteiger partial charge in [-0.1, -0.05) is 49.2 Å². The quantitative estimate of drug-likeness (QED) is 0.395. The number of carbonyl (C=O) groups excluding carboxylic acids is 1. The van der Waals surface area contributed by atoms with Gasteiger partial charge in [0, 0.05) is 11.6 Å². The molecule has 8 heteroatoms. The number of unbranched alkanes of at least 4 members (excludes halogenated alkanes) is 1. The van der Waals surface area contributed by atoms with Gasteiger partial charge in [0.15, 0.2) is 0 Å². The fraction of sp³-hybridized carbons (Fsp3) is 0.208. The number of hydrogen-bond acceptors (Lipinski definition) is 4. The fourth-order valence-electron chi connectivity index (χ4n) is 2.95. The minimum Gasteiger partial charge on any atom is -0.494 e. The molecule has 0 aromatic heterocycles. The molecule has 0 fully saturated rings. The highest BCUT2D eigenvalue weighted by Crippen LogP contribution is 2.22. The van der Waals surface area contributed by atoms with Crippen molar-refractivity contribution in [3.8, 4) is 5.75 Å². The number of sulfonamides is 1. The van der Waals surface area contributed by atoms with Crippen LogP contribution in [0.25, 0.3) is 0 Å². The number of hydrogen-bond donors (Lipinski definition) is 2.